The van der Waals surface area contributed by atoms with Gasteiger partial charge in [-0.05, 0) is 91.5 Å². The van der Waals surface area contributed by atoms with Crippen molar-refractivity contribution < 1.29 is 27.5 Å². The Morgan fingerprint density at radius 2 is 1.37 bits per heavy atom. The van der Waals surface area contributed by atoms with Gasteiger partial charge in [-0.2, -0.15) is 0 Å². The summed E-state index contributed by atoms with van der Waals surface area (Å²) in [5.74, 6) is -4.81. The lowest BCUT2D eigenvalue weighted by Gasteiger charge is -2.38. The van der Waals surface area contributed by atoms with Crippen molar-refractivity contribution >= 4 is 5.97 Å². The van der Waals surface area contributed by atoms with Crippen LogP contribution < -0.4 is 0 Å². The van der Waals surface area contributed by atoms with Crippen LogP contribution in [0.5, 0.6) is 0 Å². The Morgan fingerprint density at radius 3 is 1.95 bits per heavy atom. The summed E-state index contributed by atoms with van der Waals surface area (Å²) in [6.07, 6.45) is 16.8. The number of carboxylic acid groups (broad SMARTS) is 1. The highest BCUT2D eigenvalue weighted by Gasteiger charge is 2.33. The van der Waals surface area contributed by atoms with Crippen LogP contribution in [0.4, 0.5) is 17.6 Å². The van der Waals surface area contributed by atoms with Gasteiger partial charge in [-0.15, -0.1) is 0 Å². The zero-order valence-electron chi connectivity index (χ0n) is 22.4. The van der Waals surface area contributed by atoms with E-state index in [0.717, 1.165) is 49.7 Å². The predicted octanol–water partition coefficient (Wildman–Crippen LogP) is 10.0. The first kappa shape index (κ1) is 28.6. The highest BCUT2D eigenvalue weighted by Crippen LogP contribution is 2.47. The van der Waals surface area contributed by atoms with Gasteiger partial charge in [-0.25, -0.2) is 22.4 Å². The maximum atomic E-state index is 15.4. The number of unbranched alkanes of at least 4 members (excludes halogenated alkanes) is 4. The molecule has 2 fully saturated rings. The third-order valence-electron chi connectivity index (χ3n) is 9.16. The summed E-state index contributed by atoms with van der Waals surface area (Å²) in [7, 11) is 0. The molecular weight excluding hydrogens is 492 g/mol. The molecule has 2 aromatic carbocycles. The molecule has 2 nitrogen and oxygen atoms in total. The van der Waals surface area contributed by atoms with E-state index in [4.69, 9.17) is 0 Å². The van der Waals surface area contributed by atoms with E-state index >= 15 is 4.39 Å². The SMILES string of the molecule is CCCCCCCC1CCC(C2CCC(c3ccc(C(=O)O)c(F)c3-c3cc(F)c(F)c(F)c3)CC2)CC1. The van der Waals surface area contributed by atoms with Crippen molar-refractivity contribution in [3.8, 4) is 11.1 Å². The largest absolute Gasteiger partial charge is 0.478 e. The van der Waals surface area contributed by atoms with E-state index in [1.54, 1.807) is 6.07 Å². The summed E-state index contributed by atoms with van der Waals surface area (Å²) >= 11 is 0. The minimum absolute atomic E-state index is 0.0470. The van der Waals surface area contributed by atoms with Crippen molar-refractivity contribution in [1.29, 1.82) is 0 Å². The standard InChI is InChI=1S/C32H40F4O2/c1-2-3-4-5-6-7-20-8-10-21(11-9-20)22-12-14-23(15-13-22)25-16-17-26(32(37)38)30(35)29(25)24-18-27(33)31(36)28(34)19-24/h16-23H,2-15H2,1H3,(H,37,38). The second kappa shape index (κ2) is 13.1. The lowest BCUT2D eigenvalue weighted by atomic mass is 9.67. The Morgan fingerprint density at radius 1 is 0.789 bits per heavy atom. The van der Waals surface area contributed by atoms with Crippen LogP contribution in [0.3, 0.4) is 0 Å². The molecule has 0 atom stereocenters. The maximum absolute atomic E-state index is 15.4. The van der Waals surface area contributed by atoms with Gasteiger partial charge in [0.25, 0.3) is 0 Å². The van der Waals surface area contributed by atoms with Crippen molar-refractivity contribution in [2.24, 2.45) is 17.8 Å². The Hall–Kier alpha value is -2.37. The fourth-order valence-electron chi connectivity index (χ4n) is 6.98. The Balaban J connectivity index is 1.42. The maximum Gasteiger partial charge on any atom is 0.338 e. The molecule has 0 radical (unpaired) electrons. The van der Waals surface area contributed by atoms with Gasteiger partial charge in [0.15, 0.2) is 17.5 Å². The van der Waals surface area contributed by atoms with Gasteiger partial charge < -0.3 is 5.11 Å². The van der Waals surface area contributed by atoms with Crippen molar-refractivity contribution in [2.75, 3.05) is 0 Å². The van der Waals surface area contributed by atoms with Crippen LogP contribution in [-0.4, -0.2) is 11.1 Å². The van der Waals surface area contributed by atoms with E-state index in [0.29, 0.717) is 11.5 Å². The zero-order valence-corrected chi connectivity index (χ0v) is 22.4. The molecule has 0 unspecified atom stereocenters. The Bertz CT molecular complexity index is 1080. The van der Waals surface area contributed by atoms with Crippen LogP contribution in [0.25, 0.3) is 11.1 Å². The summed E-state index contributed by atoms with van der Waals surface area (Å²) in [5, 5.41) is 9.42. The lowest BCUT2D eigenvalue weighted by molar-refractivity contribution is 0.0692. The molecule has 6 heteroatoms. The van der Waals surface area contributed by atoms with Crippen LogP contribution in [0.1, 0.15) is 119 Å². The second-order valence-corrected chi connectivity index (χ2v) is 11.5. The minimum atomic E-state index is -1.63. The van der Waals surface area contributed by atoms with Gasteiger partial charge in [-0.3, -0.25) is 0 Å². The van der Waals surface area contributed by atoms with Crippen molar-refractivity contribution in [2.45, 2.75) is 103 Å². The quantitative estimate of drug-likeness (QED) is 0.188. The van der Waals surface area contributed by atoms with Gasteiger partial charge in [0, 0.05) is 5.56 Å². The number of rotatable bonds is 10. The molecule has 2 aromatic rings. The molecule has 0 aromatic heterocycles. The molecule has 0 aliphatic heterocycles. The number of aromatic carboxylic acids is 1. The topological polar surface area (TPSA) is 37.3 Å². The summed E-state index contributed by atoms with van der Waals surface area (Å²) in [4.78, 5) is 11.6. The van der Waals surface area contributed by atoms with Crippen LogP contribution in [0.15, 0.2) is 24.3 Å². The molecule has 0 bridgehead atoms. The highest BCUT2D eigenvalue weighted by molar-refractivity contribution is 5.90. The number of carboxylic acids is 1. The monoisotopic (exact) mass is 532 g/mol. The summed E-state index contributed by atoms with van der Waals surface area (Å²) < 4.78 is 57.1. The summed E-state index contributed by atoms with van der Waals surface area (Å²) in [6.45, 7) is 2.24. The van der Waals surface area contributed by atoms with Gasteiger partial charge >= 0.3 is 5.97 Å². The average molecular weight is 533 g/mol. The summed E-state index contributed by atoms with van der Waals surface area (Å²) in [5.41, 5.74) is -0.328. The van der Waals surface area contributed by atoms with Gasteiger partial charge in [0.2, 0.25) is 0 Å². The first-order valence-electron chi connectivity index (χ1n) is 14.5. The van der Waals surface area contributed by atoms with Crippen LogP contribution >= 0.6 is 0 Å². The number of hydrogen-bond acceptors (Lipinski definition) is 1. The first-order valence-corrected chi connectivity index (χ1v) is 14.5. The molecule has 1 N–H and O–H groups in total. The highest BCUT2D eigenvalue weighted by atomic mass is 19.2. The molecule has 2 saturated carbocycles. The fraction of sp³-hybridized carbons (Fsp3) is 0.594. The third kappa shape index (κ3) is 6.60. The van der Waals surface area contributed by atoms with Gasteiger partial charge in [0.05, 0.1) is 5.56 Å². The van der Waals surface area contributed by atoms with E-state index in [1.807, 2.05) is 0 Å². The molecule has 208 valence electrons. The van der Waals surface area contributed by atoms with Crippen LogP contribution in [0, 0.1) is 41.0 Å². The van der Waals surface area contributed by atoms with Crippen molar-refractivity contribution in [3.63, 3.8) is 0 Å². The molecule has 2 aliphatic carbocycles. The van der Waals surface area contributed by atoms with Crippen molar-refractivity contribution in [3.05, 3.63) is 58.7 Å². The van der Waals surface area contributed by atoms with E-state index < -0.39 is 34.8 Å². The minimum Gasteiger partial charge on any atom is -0.478 e. The molecule has 38 heavy (non-hydrogen) atoms. The molecule has 0 heterocycles. The average Bonchev–Trinajstić information content (AvgIpc) is 2.91. The molecular formula is C32H40F4O2. The number of halogens is 4. The lowest BCUT2D eigenvalue weighted by Crippen LogP contribution is -2.25. The van der Waals surface area contributed by atoms with E-state index in [-0.39, 0.29) is 17.0 Å². The van der Waals surface area contributed by atoms with Gasteiger partial charge in [-0.1, -0.05) is 64.4 Å². The molecule has 0 saturated heterocycles. The van der Waals surface area contributed by atoms with Gasteiger partial charge in [0.1, 0.15) is 5.82 Å². The second-order valence-electron chi connectivity index (χ2n) is 11.5. The van der Waals surface area contributed by atoms with E-state index in [9.17, 15) is 23.1 Å². The fourth-order valence-corrected chi connectivity index (χ4v) is 6.98. The molecule has 4 rings (SSSR count). The Kier molecular flexibility index (Phi) is 9.89. The first-order chi connectivity index (χ1) is 18.3. The molecule has 0 amide bonds. The van der Waals surface area contributed by atoms with Crippen LogP contribution in [-0.2, 0) is 0 Å². The Labute approximate surface area is 223 Å². The van der Waals surface area contributed by atoms with E-state index in [2.05, 4.69) is 6.92 Å². The van der Waals surface area contributed by atoms with Crippen molar-refractivity contribution in [1.82, 2.24) is 0 Å². The number of benzene rings is 2. The van der Waals surface area contributed by atoms with E-state index in [1.165, 1.54) is 70.3 Å². The summed E-state index contributed by atoms with van der Waals surface area (Å²) in [6, 6.07) is 4.29. The zero-order chi connectivity index (χ0) is 27.2. The third-order valence-corrected chi connectivity index (χ3v) is 9.16. The van der Waals surface area contributed by atoms with Crippen LogP contribution in [0.2, 0.25) is 0 Å². The number of hydrogen-bond donors (Lipinski definition) is 1. The molecule has 2 aliphatic rings. The molecule has 0 spiro atoms. The number of carbonyl (C=O) groups is 1. The normalized spacial score (nSPS) is 23.9. The predicted molar refractivity (Wildman–Crippen MR) is 142 cm³/mol. The smallest absolute Gasteiger partial charge is 0.338 e.